The highest BCUT2D eigenvalue weighted by molar-refractivity contribution is 5.99. The Labute approximate surface area is 142 Å². The number of carbonyl (C=O) groups is 1. The Kier molecular flexibility index (Phi) is 5.84. The smallest absolute Gasteiger partial charge is 0.248 e. The molecule has 0 spiro atoms. The van der Waals surface area contributed by atoms with Crippen LogP contribution in [0.5, 0.6) is 11.5 Å². The molecule has 0 saturated carbocycles. The molecule has 0 atom stereocenters. The molecule has 0 saturated heterocycles. The molecule has 0 aliphatic heterocycles. The minimum absolute atomic E-state index is 0.129. The zero-order chi connectivity index (χ0) is 17.5. The maximum Gasteiger partial charge on any atom is 0.248 e. The number of hydrogen-bond donors (Lipinski definition) is 2. The van der Waals surface area contributed by atoms with E-state index in [2.05, 4.69) is 10.6 Å². The molecule has 5 nitrogen and oxygen atoms in total. The Hall–Kier alpha value is -2.95. The lowest BCUT2D eigenvalue weighted by Gasteiger charge is -2.12. The number of benzene rings is 2. The number of methoxy groups -OCH3 is 2. The minimum Gasteiger partial charge on any atom is -0.493 e. The molecule has 2 N–H and O–H groups in total. The van der Waals surface area contributed by atoms with Crippen LogP contribution < -0.4 is 20.1 Å². The predicted molar refractivity (Wildman–Crippen MR) is 97.3 cm³/mol. The molecule has 0 heterocycles. The second-order valence-corrected chi connectivity index (χ2v) is 5.48. The van der Waals surface area contributed by atoms with Crippen molar-refractivity contribution in [1.82, 2.24) is 0 Å². The highest BCUT2D eigenvalue weighted by Gasteiger charge is 2.05. The molecular weight excluding hydrogens is 304 g/mol. The molecule has 2 rings (SSSR count). The molecule has 0 aliphatic carbocycles. The summed E-state index contributed by atoms with van der Waals surface area (Å²) >= 11 is 0. The van der Waals surface area contributed by atoms with Crippen LogP contribution in [0, 0.1) is 0 Å². The number of rotatable bonds is 6. The van der Waals surface area contributed by atoms with E-state index >= 15 is 0 Å². The van der Waals surface area contributed by atoms with Crippen molar-refractivity contribution in [3.63, 3.8) is 0 Å². The van der Waals surface area contributed by atoms with Crippen LogP contribution in [0.15, 0.2) is 54.1 Å². The molecule has 2 aromatic carbocycles. The fourth-order valence-corrected chi connectivity index (χ4v) is 2.16. The average Bonchev–Trinajstić information content (AvgIpc) is 2.55. The molecule has 0 unspecified atom stereocenters. The van der Waals surface area contributed by atoms with Crippen molar-refractivity contribution in [2.75, 3.05) is 24.9 Å². The maximum atomic E-state index is 11.7. The van der Waals surface area contributed by atoms with Crippen molar-refractivity contribution in [3.05, 3.63) is 54.1 Å². The number of allylic oxidation sites excluding steroid dienone is 1. The first-order chi connectivity index (χ1) is 11.5. The lowest BCUT2D eigenvalue weighted by atomic mass is 10.2. The summed E-state index contributed by atoms with van der Waals surface area (Å²) in [5.41, 5.74) is 3.49. The van der Waals surface area contributed by atoms with E-state index in [4.69, 9.17) is 9.47 Å². The first-order valence-electron chi connectivity index (χ1n) is 7.57. The largest absolute Gasteiger partial charge is 0.493 e. The van der Waals surface area contributed by atoms with Gasteiger partial charge in [-0.05, 0) is 50.2 Å². The normalized spacial score (nSPS) is 9.83. The number of anilines is 3. The van der Waals surface area contributed by atoms with E-state index in [0.29, 0.717) is 11.5 Å². The maximum absolute atomic E-state index is 11.7. The fraction of sp³-hybridized carbons (Fsp3) is 0.211. The molecule has 126 valence electrons. The first-order valence-corrected chi connectivity index (χ1v) is 7.57. The van der Waals surface area contributed by atoms with Crippen molar-refractivity contribution in [2.45, 2.75) is 13.8 Å². The number of carbonyl (C=O) groups excluding carboxylic acids is 1. The second-order valence-electron chi connectivity index (χ2n) is 5.48. The molecular formula is C19H22N2O3. The van der Waals surface area contributed by atoms with Gasteiger partial charge in [-0.2, -0.15) is 0 Å². The first kappa shape index (κ1) is 17.4. The topological polar surface area (TPSA) is 59.6 Å². The van der Waals surface area contributed by atoms with Crippen LogP contribution in [-0.2, 0) is 4.79 Å². The standard InChI is InChI=1S/C19H22N2O3/c1-13(2)11-19(22)21-15-7-5-14(6-8-15)20-16-9-10-17(23-3)18(12-16)24-4/h5-12,20H,1-4H3,(H,21,22). The Morgan fingerprint density at radius 1 is 0.875 bits per heavy atom. The van der Waals surface area contributed by atoms with Gasteiger partial charge in [-0.3, -0.25) is 4.79 Å². The van der Waals surface area contributed by atoms with Gasteiger partial charge in [-0.15, -0.1) is 0 Å². The van der Waals surface area contributed by atoms with Gasteiger partial charge in [0.05, 0.1) is 14.2 Å². The predicted octanol–water partition coefficient (Wildman–Crippen LogP) is 4.35. The van der Waals surface area contributed by atoms with Crippen LogP contribution in [0.3, 0.4) is 0 Å². The van der Waals surface area contributed by atoms with E-state index in [1.165, 1.54) is 0 Å². The van der Waals surface area contributed by atoms with E-state index < -0.39 is 0 Å². The third-order valence-corrected chi connectivity index (χ3v) is 3.24. The number of hydrogen-bond acceptors (Lipinski definition) is 4. The molecule has 1 amide bonds. The van der Waals surface area contributed by atoms with Crippen LogP contribution in [0.4, 0.5) is 17.1 Å². The average molecular weight is 326 g/mol. The van der Waals surface area contributed by atoms with E-state index in [0.717, 1.165) is 22.6 Å². The third-order valence-electron chi connectivity index (χ3n) is 3.24. The highest BCUT2D eigenvalue weighted by atomic mass is 16.5. The van der Waals surface area contributed by atoms with Gasteiger partial charge < -0.3 is 20.1 Å². The monoisotopic (exact) mass is 326 g/mol. The minimum atomic E-state index is -0.129. The number of amides is 1. The Morgan fingerprint density at radius 2 is 1.46 bits per heavy atom. The Bertz CT molecular complexity index is 733. The van der Waals surface area contributed by atoms with Gasteiger partial charge in [-0.25, -0.2) is 0 Å². The number of ether oxygens (including phenoxy) is 2. The van der Waals surface area contributed by atoms with E-state index in [1.807, 2.05) is 56.3 Å². The Morgan fingerprint density at radius 3 is 2.04 bits per heavy atom. The van der Waals surface area contributed by atoms with Crippen LogP contribution >= 0.6 is 0 Å². The molecule has 0 aliphatic rings. The van der Waals surface area contributed by atoms with Gasteiger partial charge in [0.2, 0.25) is 5.91 Å². The van der Waals surface area contributed by atoms with E-state index in [-0.39, 0.29) is 5.91 Å². The fourth-order valence-electron chi connectivity index (χ4n) is 2.16. The molecule has 2 aromatic rings. The van der Waals surface area contributed by atoms with Crippen molar-refractivity contribution >= 4 is 23.0 Å². The van der Waals surface area contributed by atoms with Gasteiger partial charge in [0.25, 0.3) is 0 Å². The SMILES string of the molecule is COc1ccc(Nc2ccc(NC(=O)C=C(C)C)cc2)cc1OC. The van der Waals surface area contributed by atoms with Crippen molar-refractivity contribution in [3.8, 4) is 11.5 Å². The molecule has 0 fully saturated rings. The van der Waals surface area contributed by atoms with Gasteiger partial charge in [-0.1, -0.05) is 5.57 Å². The summed E-state index contributed by atoms with van der Waals surface area (Å²) in [4.78, 5) is 11.7. The zero-order valence-electron chi connectivity index (χ0n) is 14.3. The van der Waals surface area contributed by atoms with Gasteiger partial charge in [0.1, 0.15) is 0 Å². The second kappa shape index (κ2) is 8.06. The molecule has 0 aromatic heterocycles. The van der Waals surface area contributed by atoms with E-state index in [9.17, 15) is 4.79 Å². The quantitative estimate of drug-likeness (QED) is 0.775. The van der Waals surface area contributed by atoms with Gasteiger partial charge in [0, 0.05) is 29.2 Å². The van der Waals surface area contributed by atoms with Crippen molar-refractivity contribution in [2.24, 2.45) is 0 Å². The van der Waals surface area contributed by atoms with Crippen LogP contribution in [0.1, 0.15) is 13.8 Å². The lowest BCUT2D eigenvalue weighted by molar-refractivity contribution is -0.111. The van der Waals surface area contributed by atoms with Crippen LogP contribution in [0.2, 0.25) is 0 Å². The third kappa shape index (κ3) is 4.78. The highest BCUT2D eigenvalue weighted by Crippen LogP contribution is 2.31. The number of nitrogens with one attached hydrogen (secondary N) is 2. The summed E-state index contributed by atoms with van der Waals surface area (Å²) in [6.07, 6.45) is 1.57. The summed E-state index contributed by atoms with van der Waals surface area (Å²) in [5, 5.41) is 6.10. The van der Waals surface area contributed by atoms with Gasteiger partial charge in [0.15, 0.2) is 11.5 Å². The zero-order valence-corrected chi connectivity index (χ0v) is 14.3. The molecule has 0 bridgehead atoms. The summed E-state index contributed by atoms with van der Waals surface area (Å²) in [5.74, 6) is 1.21. The van der Waals surface area contributed by atoms with Crippen molar-refractivity contribution in [1.29, 1.82) is 0 Å². The molecule has 24 heavy (non-hydrogen) atoms. The molecule has 5 heteroatoms. The summed E-state index contributed by atoms with van der Waals surface area (Å²) in [7, 11) is 3.21. The Balaban J connectivity index is 2.06. The van der Waals surface area contributed by atoms with Crippen molar-refractivity contribution < 1.29 is 14.3 Å². The van der Waals surface area contributed by atoms with Crippen LogP contribution in [0.25, 0.3) is 0 Å². The summed E-state index contributed by atoms with van der Waals surface area (Å²) < 4.78 is 10.5. The van der Waals surface area contributed by atoms with Crippen LogP contribution in [-0.4, -0.2) is 20.1 Å². The molecule has 0 radical (unpaired) electrons. The summed E-state index contributed by atoms with van der Waals surface area (Å²) in [6, 6.07) is 13.1. The lowest BCUT2D eigenvalue weighted by Crippen LogP contribution is -2.08. The van der Waals surface area contributed by atoms with E-state index in [1.54, 1.807) is 20.3 Å². The van der Waals surface area contributed by atoms with Gasteiger partial charge >= 0.3 is 0 Å². The summed E-state index contributed by atoms with van der Waals surface area (Å²) in [6.45, 7) is 3.77.